The molecule has 2 heterocycles. The predicted molar refractivity (Wildman–Crippen MR) is 56.4 cm³/mol. The standard InChI is InChI=1S/C10H9N5O/c1-11-10(16)8-4-12-9(13-5-8)7-2-3-14-15-6-7/h2-6H,1H3,(H,11,16). The van der Waals surface area contributed by atoms with Gasteiger partial charge in [-0.1, -0.05) is 0 Å². The molecule has 6 nitrogen and oxygen atoms in total. The Morgan fingerprint density at radius 1 is 1.19 bits per heavy atom. The van der Waals surface area contributed by atoms with Crippen molar-refractivity contribution in [3.05, 3.63) is 36.4 Å². The summed E-state index contributed by atoms with van der Waals surface area (Å²) in [6.07, 6.45) is 6.07. The van der Waals surface area contributed by atoms with E-state index in [-0.39, 0.29) is 5.91 Å². The van der Waals surface area contributed by atoms with Crippen molar-refractivity contribution in [2.75, 3.05) is 7.05 Å². The van der Waals surface area contributed by atoms with Crippen LogP contribution in [-0.4, -0.2) is 33.1 Å². The summed E-state index contributed by atoms with van der Waals surface area (Å²) in [5.41, 5.74) is 1.19. The lowest BCUT2D eigenvalue weighted by Gasteiger charge is -2.00. The maximum Gasteiger partial charge on any atom is 0.254 e. The molecule has 0 bridgehead atoms. The Bertz CT molecular complexity index is 482. The number of rotatable bonds is 2. The summed E-state index contributed by atoms with van der Waals surface area (Å²) in [5.74, 6) is 0.307. The number of nitrogens with one attached hydrogen (secondary N) is 1. The van der Waals surface area contributed by atoms with Crippen molar-refractivity contribution in [1.82, 2.24) is 25.5 Å². The molecule has 0 aliphatic heterocycles. The van der Waals surface area contributed by atoms with Crippen LogP contribution in [0.3, 0.4) is 0 Å². The van der Waals surface area contributed by atoms with Crippen molar-refractivity contribution in [2.24, 2.45) is 0 Å². The molecule has 2 aromatic heterocycles. The van der Waals surface area contributed by atoms with Gasteiger partial charge in [0, 0.05) is 25.0 Å². The molecule has 0 aliphatic rings. The van der Waals surface area contributed by atoms with Gasteiger partial charge >= 0.3 is 0 Å². The van der Waals surface area contributed by atoms with Crippen LogP contribution in [0.4, 0.5) is 0 Å². The monoisotopic (exact) mass is 215 g/mol. The van der Waals surface area contributed by atoms with Gasteiger partial charge in [-0.15, -0.1) is 0 Å². The first-order valence-electron chi connectivity index (χ1n) is 4.62. The van der Waals surface area contributed by atoms with Crippen LogP contribution in [0.2, 0.25) is 0 Å². The average Bonchev–Trinajstić information content (AvgIpc) is 2.39. The van der Waals surface area contributed by atoms with E-state index < -0.39 is 0 Å². The molecule has 0 aromatic carbocycles. The molecule has 6 heteroatoms. The number of nitrogens with zero attached hydrogens (tertiary/aromatic N) is 4. The van der Waals surface area contributed by atoms with Crippen LogP contribution < -0.4 is 5.32 Å². The Labute approximate surface area is 91.8 Å². The van der Waals surface area contributed by atoms with Crippen LogP contribution in [-0.2, 0) is 0 Å². The van der Waals surface area contributed by atoms with Crippen molar-refractivity contribution in [2.45, 2.75) is 0 Å². The molecule has 1 N–H and O–H groups in total. The Morgan fingerprint density at radius 2 is 1.94 bits per heavy atom. The van der Waals surface area contributed by atoms with Crippen LogP contribution in [0.25, 0.3) is 11.4 Å². The van der Waals surface area contributed by atoms with E-state index in [0.717, 1.165) is 5.56 Å². The summed E-state index contributed by atoms with van der Waals surface area (Å²) in [6, 6.07) is 1.75. The second-order valence-electron chi connectivity index (χ2n) is 3.01. The first-order chi connectivity index (χ1) is 7.81. The molecule has 0 aliphatic carbocycles. The van der Waals surface area contributed by atoms with Gasteiger partial charge in [-0.3, -0.25) is 4.79 Å². The summed E-state index contributed by atoms with van der Waals surface area (Å²) >= 11 is 0. The Morgan fingerprint density at radius 3 is 2.50 bits per heavy atom. The summed E-state index contributed by atoms with van der Waals surface area (Å²) < 4.78 is 0. The van der Waals surface area contributed by atoms with Gasteiger partial charge < -0.3 is 5.32 Å². The highest BCUT2D eigenvalue weighted by Crippen LogP contribution is 2.10. The Hall–Kier alpha value is -2.37. The van der Waals surface area contributed by atoms with Gasteiger partial charge in [0.2, 0.25) is 0 Å². The summed E-state index contributed by atoms with van der Waals surface area (Å²) in [4.78, 5) is 19.4. The van der Waals surface area contributed by atoms with E-state index in [0.29, 0.717) is 11.4 Å². The molecular formula is C10H9N5O. The fourth-order valence-electron chi connectivity index (χ4n) is 1.16. The maximum atomic E-state index is 11.2. The van der Waals surface area contributed by atoms with E-state index in [9.17, 15) is 4.79 Å². The fraction of sp³-hybridized carbons (Fsp3) is 0.100. The number of amides is 1. The van der Waals surface area contributed by atoms with E-state index in [1.165, 1.54) is 12.4 Å². The zero-order valence-corrected chi connectivity index (χ0v) is 8.58. The highest BCUT2D eigenvalue weighted by molar-refractivity contribution is 5.93. The van der Waals surface area contributed by atoms with E-state index in [1.807, 2.05) is 0 Å². The first-order valence-corrected chi connectivity index (χ1v) is 4.62. The maximum absolute atomic E-state index is 11.2. The number of carbonyl (C=O) groups is 1. The SMILES string of the molecule is CNC(=O)c1cnc(-c2ccnnc2)nc1. The van der Waals surface area contributed by atoms with Crippen LogP contribution in [0.1, 0.15) is 10.4 Å². The van der Waals surface area contributed by atoms with Gasteiger partial charge in [0.1, 0.15) is 0 Å². The zero-order chi connectivity index (χ0) is 11.4. The fourth-order valence-corrected chi connectivity index (χ4v) is 1.16. The number of hydrogen-bond acceptors (Lipinski definition) is 5. The van der Waals surface area contributed by atoms with Crippen molar-refractivity contribution >= 4 is 5.91 Å². The second kappa shape index (κ2) is 4.43. The molecule has 0 radical (unpaired) electrons. The number of carbonyl (C=O) groups excluding carboxylic acids is 1. The largest absolute Gasteiger partial charge is 0.355 e. The molecule has 0 atom stereocenters. The predicted octanol–water partition coefficient (Wildman–Crippen LogP) is 0.293. The van der Waals surface area contributed by atoms with E-state index in [2.05, 4.69) is 25.5 Å². The topological polar surface area (TPSA) is 80.7 Å². The van der Waals surface area contributed by atoms with Crippen molar-refractivity contribution in [1.29, 1.82) is 0 Å². The summed E-state index contributed by atoms with van der Waals surface area (Å²) in [5, 5.41) is 9.88. The minimum atomic E-state index is -0.209. The molecule has 0 saturated carbocycles. The average molecular weight is 215 g/mol. The summed E-state index contributed by atoms with van der Waals surface area (Å²) in [6.45, 7) is 0. The van der Waals surface area contributed by atoms with E-state index in [1.54, 1.807) is 25.5 Å². The van der Waals surface area contributed by atoms with Crippen LogP contribution >= 0.6 is 0 Å². The second-order valence-corrected chi connectivity index (χ2v) is 3.01. The molecule has 2 rings (SSSR count). The van der Waals surface area contributed by atoms with Gasteiger partial charge in [-0.25, -0.2) is 9.97 Å². The minimum Gasteiger partial charge on any atom is -0.355 e. The van der Waals surface area contributed by atoms with Gasteiger partial charge in [-0.2, -0.15) is 10.2 Å². The Kier molecular flexibility index (Phi) is 2.81. The molecule has 80 valence electrons. The normalized spacial score (nSPS) is 9.81. The lowest BCUT2D eigenvalue weighted by Crippen LogP contribution is -2.18. The molecule has 1 amide bonds. The lowest BCUT2D eigenvalue weighted by atomic mass is 10.2. The van der Waals surface area contributed by atoms with Gasteiger partial charge in [-0.05, 0) is 6.07 Å². The third-order valence-electron chi connectivity index (χ3n) is 1.98. The lowest BCUT2D eigenvalue weighted by molar-refractivity contribution is 0.0962. The van der Waals surface area contributed by atoms with Crippen molar-refractivity contribution < 1.29 is 4.79 Å². The van der Waals surface area contributed by atoms with Crippen LogP contribution in [0, 0.1) is 0 Å². The molecule has 0 fully saturated rings. The molecule has 16 heavy (non-hydrogen) atoms. The van der Waals surface area contributed by atoms with Crippen molar-refractivity contribution in [3.8, 4) is 11.4 Å². The quantitative estimate of drug-likeness (QED) is 0.778. The highest BCUT2D eigenvalue weighted by atomic mass is 16.1. The van der Waals surface area contributed by atoms with Gasteiger partial charge in [0.15, 0.2) is 5.82 Å². The third-order valence-corrected chi connectivity index (χ3v) is 1.98. The first kappa shape index (κ1) is 10.2. The smallest absolute Gasteiger partial charge is 0.254 e. The summed E-state index contributed by atoms with van der Waals surface area (Å²) in [7, 11) is 1.56. The molecular weight excluding hydrogens is 206 g/mol. The van der Waals surface area contributed by atoms with Gasteiger partial charge in [0.25, 0.3) is 5.91 Å². The molecule has 0 saturated heterocycles. The molecule has 0 unspecified atom stereocenters. The van der Waals surface area contributed by atoms with Gasteiger partial charge in [0.05, 0.1) is 18.0 Å². The van der Waals surface area contributed by atoms with Crippen molar-refractivity contribution in [3.63, 3.8) is 0 Å². The number of aromatic nitrogens is 4. The van der Waals surface area contributed by atoms with E-state index >= 15 is 0 Å². The van der Waals surface area contributed by atoms with Crippen LogP contribution in [0.5, 0.6) is 0 Å². The Balaban J connectivity index is 2.30. The minimum absolute atomic E-state index is 0.209. The molecule has 2 aromatic rings. The zero-order valence-electron chi connectivity index (χ0n) is 8.58. The van der Waals surface area contributed by atoms with Crippen LogP contribution in [0.15, 0.2) is 30.9 Å². The number of hydrogen-bond donors (Lipinski definition) is 1. The third kappa shape index (κ3) is 2.00. The molecule has 0 spiro atoms. The highest BCUT2D eigenvalue weighted by Gasteiger charge is 2.05. The van der Waals surface area contributed by atoms with E-state index in [4.69, 9.17) is 0 Å².